The Bertz CT molecular complexity index is 582. The molecule has 2 aromatic carbocycles. The number of nitrogens with one attached hydrogen (secondary N) is 1. The third kappa shape index (κ3) is 3.31. The van der Waals surface area contributed by atoms with E-state index in [1.165, 1.54) is 0 Å². The van der Waals surface area contributed by atoms with Gasteiger partial charge in [0.1, 0.15) is 0 Å². The molecule has 0 aliphatic heterocycles. The number of hydrogen-bond donors (Lipinski definition) is 2. The molecule has 1 atom stereocenters. The van der Waals surface area contributed by atoms with Gasteiger partial charge in [0.05, 0.1) is 21.7 Å². The standard InChI is InChI=1S/C15H14Cl2N2O/c16-12-7-4-8-13(17)14(12)19-15(20)11(9-18)10-5-2-1-3-6-10/h1-8,11H,9,18H2,(H,19,20). The van der Waals surface area contributed by atoms with E-state index in [2.05, 4.69) is 5.32 Å². The molecule has 2 aromatic rings. The molecule has 1 amide bonds. The average Bonchev–Trinajstić information content (AvgIpc) is 2.45. The number of amides is 1. The maximum atomic E-state index is 12.3. The lowest BCUT2D eigenvalue weighted by Crippen LogP contribution is -2.27. The fourth-order valence-electron chi connectivity index (χ4n) is 1.91. The Labute approximate surface area is 127 Å². The first kappa shape index (κ1) is 14.9. The van der Waals surface area contributed by atoms with Gasteiger partial charge in [0.25, 0.3) is 0 Å². The third-order valence-electron chi connectivity index (χ3n) is 2.97. The van der Waals surface area contributed by atoms with E-state index in [-0.39, 0.29) is 12.5 Å². The van der Waals surface area contributed by atoms with Crippen LogP contribution in [0.25, 0.3) is 0 Å². The molecule has 0 heterocycles. The number of hydrogen-bond acceptors (Lipinski definition) is 2. The fraction of sp³-hybridized carbons (Fsp3) is 0.133. The van der Waals surface area contributed by atoms with Crippen LogP contribution < -0.4 is 11.1 Å². The summed E-state index contributed by atoms with van der Waals surface area (Å²) in [5.74, 6) is -0.669. The zero-order valence-electron chi connectivity index (χ0n) is 10.6. The number of carbonyl (C=O) groups is 1. The first-order chi connectivity index (χ1) is 9.63. The van der Waals surface area contributed by atoms with Crippen LogP contribution in [0.15, 0.2) is 48.5 Å². The molecule has 0 bridgehead atoms. The van der Waals surface area contributed by atoms with Gasteiger partial charge < -0.3 is 11.1 Å². The summed E-state index contributed by atoms with van der Waals surface area (Å²) in [6, 6.07) is 14.4. The topological polar surface area (TPSA) is 55.1 Å². The van der Waals surface area contributed by atoms with Crippen molar-refractivity contribution in [3.8, 4) is 0 Å². The van der Waals surface area contributed by atoms with E-state index in [0.717, 1.165) is 5.56 Å². The van der Waals surface area contributed by atoms with Crippen LogP contribution in [0.3, 0.4) is 0 Å². The van der Waals surface area contributed by atoms with Crippen LogP contribution in [0.1, 0.15) is 11.5 Å². The van der Waals surface area contributed by atoms with Gasteiger partial charge in [0, 0.05) is 6.54 Å². The number of anilines is 1. The lowest BCUT2D eigenvalue weighted by molar-refractivity contribution is -0.117. The van der Waals surface area contributed by atoms with Crippen molar-refractivity contribution in [2.75, 3.05) is 11.9 Å². The molecule has 20 heavy (non-hydrogen) atoms. The number of benzene rings is 2. The molecule has 2 rings (SSSR count). The number of para-hydroxylation sites is 1. The smallest absolute Gasteiger partial charge is 0.233 e. The molecule has 3 N–H and O–H groups in total. The number of carbonyl (C=O) groups excluding carboxylic acids is 1. The molecule has 0 spiro atoms. The van der Waals surface area contributed by atoms with Crippen molar-refractivity contribution in [2.24, 2.45) is 5.73 Å². The van der Waals surface area contributed by atoms with E-state index in [1.54, 1.807) is 18.2 Å². The number of rotatable bonds is 4. The van der Waals surface area contributed by atoms with Crippen molar-refractivity contribution < 1.29 is 4.79 Å². The zero-order valence-corrected chi connectivity index (χ0v) is 12.2. The highest BCUT2D eigenvalue weighted by molar-refractivity contribution is 6.39. The summed E-state index contributed by atoms with van der Waals surface area (Å²) in [6.07, 6.45) is 0. The normalized spacial score (nSPS) is 11.9. The Morgan fingerprint density at radius 1 is 1.05 bits per heavy atom. The highest BCUT2D eigenvalue weighted by Gasteiger charge is 2.20. The first-order valence-electron chi connectivity index (χ1n) is 6.13. The summed E-state index contributed by atoms with van der Waals surface area (Å²) in [5, 5.41) is 3.54. The molecule has 3 nitrogen and oxygen atoms in total. The van der Waals surface area contributed by atoms with Crippen molar-refractivity contribution >= 4 is 34.8 Å². The van der Waals surface area contributed by atoms with Crippen LogP contribution in [-0.2, 0) is 4.79 Å². The quantitative estimate of drug-likeness (QED) is 0.905. The predicted octanol–water partition coefficient (Wildman–Crippen LogP) is 3.67. The Kier molecular flexibility index (Phi) is 5.01. The Balaban J connectivity index is 2.23. The molecule has 0 radical (unpaired) electrons. The molecular formula is C15H14Cl2N2O. The summed E-state index contributed by atoms with van der Waals surface area (Å²) in [7, 11) is 0. The van der Waals surface area contributed by atoms with Crippen LogP contribution in [0.5, 0.6) is 0 Å². The lowest BCUT2D eigenvalue weighted by Gasteiger charge is -2.16. The Morgan fingerprint density at radius 2 is 1.65 bits per heavy atom. The van der Waals surface area contributed by atoms with Crippen molar-refractivity contribution in [3.63, 3.8) is 0 Å². The van der Waals surface area contributed by atoms with E-state index in [1.807, 2.05) is 30.3 Å². The van der Waals surface area contributed by atoms with E-state index in [4.69, 9.17) is 28.9 Å². The van der Waals surface area contributed by atoms with Gasteiger partial charge in [0.2, 0.25) is 5.91 Å². The van der Waals surface area contributed by atoms with Gasteiger partial charge in [-0.15, -0.1) is 0 Å². The number of nitrogens with two attached hydrogens (primary N) is 1. The molecule has 0 fully saturated rings. The van der Waals surface area contributed by atoms with Crippen molar-refractivity contribution in [1.82, 2.24) is 0 Å². The van der Waals surface area contributed by atoms with Gasteiger partial charge >= 0.3 is 0 Å². The molecule has 0 saturated heterocycles. The maximum absolute atomic E-state index is 12.3. The second-order valence-corrected chi connectivity index (χ2v) is 5.10. The summed E-state index contributed by atoms with van der Waals surface area (Å²) in [4.78, 5) is 12.3. The maximum Gasteiger partial charge on any atom is 0.233 e. The Morgan fingerprint density at radius 3 is 2.20 bits per heavy atom. The minimum absolute atomic E-state index is 0.206. The van der Waals surface area contributed by atoms with Crippen molar-refractivity contribution in [3.05, 3.63) is 64.1 Å². The van der Waals surface area contributed by atoms with Gasteiger partial charge in [-0.1, -0.05) is 59.6 Å². The monoisotopic (exact) mass is 308 g/mol. The van der Waals surface area contributed by atoms with E-state index in [9.17, 15) is 4.79 Å². The SMILES string of the molecule is NCC(C(=O)Nc1c(Cl)cccc1Cl)c1ccccc1. The van der Waals surface area contributed by atoms with Gasteiger partial charge in [-0.3, -0.25) is 4.79 Å². The zero-order chi connectivity index (χ0) is 14.5. The van der Waals surface area contributed by atoms with Crippen LogP contribution >= 0.6 is 23.2 Å². The summed E-state index contributed by atoms with van der Waals surface area (Å²) >= 11 is 12.1. The largest absolute Gasteiger partial charge is 0.329 e. The minimum atomic E-state index is -0.441. The highest BCUT2D eigenvalue weighted by atomic mass is 35.5. The lowest BCUT2D eigenvalue weighted by atomic mass is 9.98. The Hall–Kier alpha value is -1.55. The second kappa shape index (κ2) is 6.75. The van der Waals surface area contributed by atoms with Crippen LogP contribution in [0, 0.1) is 0 Å². The molecule has 5 heteroatoms. The highest BCUT2D eigenvalue weighted by Crippen LogP contribution is 2.30. The molecule has 0 aliphatic carbocycles. The fourth-order valence-corrected chi connectivity index (χ4v) is 2.40. The van der Waals surface area contributed by atoms with E-state index in [0.29, 0.717) is 15.7 Å². The molecule has 0 aromatic heterocycles. The first-order valence-corrected chi connectivity index (χ1v) is 6.89. The predicted molar refractivity (Wildman–Crippen MR) is 83.3 cm³/mol. The molecule has 0 aliphatic rings. The van der Waals surface area contributed by atoms with Crippen molar-refractivity contribution in [2.45, 2.75) is 5.92 Å². The number of halogens is 2. The average molecular weight is 309 g/mol. The van der Waals surface area contributed by atoms with Crippen LogP contribution in [-0.4, -0.2) is 12.5 Å². The summed E-state index contributed by atoms with van der Waals surface area (Å²) < 4.78 is 0. The van der Waals surface area contributed by atoms with Crippen LogP contribution in [0.4, 0.5) is 5.69 Å². The van der Waals surface area contributed by atoms with Gasteiger partial charge in [-0.25, -0.2) is 0 Å². The third-order valence-corrected chi connectivity index (χ3v) is 3.60. The van der Waals surface area contributed by atoms with Gasteiger partial charge in [-0.2, -0.15) is 0 Å². The molecule has 0 saturated carbocycles. The second-order valence-electron chi connectivity index (χ2n) is 4.28. The van der Waals surface area contributed by atoms with E-state index >= 15 is 0 Å². The summed E-state index contributed by atoms with van der Waals surface area (Å²) in [6.45, 7) is 0.206. The van der Waals surface area contributed by atoms with Gasteiger partial charge in [0.15, 0.2) is 0 Å². The molecular weight excluding hydrogens is 295 g/mol. The molecule has 1 unspecified atom stereocenters. The summed E-state index contributed by atoms with van der Waals surface area (Å²) in [5.41, 5.74) is 6.98. The minimum Gasteiger partial charge on any atom is -0.329 e. The van der Waals surface area contributed by atoms with Crippen molar-refractivity contribution in [1.29, 1.82) is 0 Å². The molecule has 104 valence electrons. The van der Waals surface area contributed by atoms with Crippen LogP contribution in [0.2, 0.25) is 10.0 Å². The van der Waals surface area contributed by atoms with Gasteiger partial charge in [-0.05, 0) is 17.7 Å². The van der Waals surface area contributed by atoms with E-state index < -0.39 is 5.92 Å².